The monoisotopic (exact) mass is 364 g/mol. The minimum absolute atomic E-state index is 0.129. The molecule has 0 spiro atoms. The van der Waals surface area contributed by atoms with E-state index in [0.717, 1.165) is 42.6 Å². The average Bonchev–Trinajstić information content (AvgIpc) is 3.04. The lowest BCUT2D eigenvalue weighted by molar-refractivity contribution is -0.380. The van der Waals surface area contributed by atoms with Gasteiger partial charge in [-0.15, -0.1) is 0 Å². The van der Waals surface area contributed by atoms with Gasteiger partial charge in [0.1, 0.15) is 11.9 Å². The van der Waals surface area contributed by atoms with Crippen molar-refractivity contribution in [1.82, 2.24) is 4.98 Å². The number of thiazole rings is 1. The fraction of sp³-hybridized carbons (Fsp3) is 0.375. The molecule has 0 fully saturated rings. The number of aromatic nitrogens is 1. The summed E-state index contributed by atoms with van der Waals surface area (Å²) in [5.74, 6) is 0.0281. The normalized spacial score (nSPS) is 10.3. The van der Waals surface area contributed by atoms with E-state index in [1.165, 1.54) is 0 Å². The van der Waals surface area contributed by atoms with Crippen LogP contribution in [0.3, 0.4) is 0 Å². The number of anilines is 2. The zero-order chi connectivity index (χ0) is 18.2. The molecule has 9 heteroatoms. The summed E-state index contributed by atoms with van der Waals surface area (Å²) in [6, 6.07) is 5.24. The number of unbranched alkanes of at least 4 members (excludes halogenated alkanes) is 1. The number of amides is 1. The molecule has 1 amide bonds. The number of hydrogen-bond acceptors (Lipinski definition) is 7. The summed E-state index contributed by atoms with van der Waals surface area (Å²) in [4.78, 5) is 26.4. The van der Waals surface area contributed by atoms with Crippen LogP contribution in [-0.4, -0.2) is 29.0 Å². The van der Waals surface area contributed by atoms with Crippen LogP contribution in [0.25, 0.3) is 0 Å². The highest BCUT2D eigenvalue weighted by atomic mass is 32.1. The molecule has 1 aromatic heterocycles. The van der Waals surface area contributed by atoms with E-state index < -0.39 is 10.8 Å². The van der Waals surface area contributed by atoms with Crippen molar-refractivity contribution >= 4 is 33.1 Å². The number of nitrogens with zero attached hydrogens (tertiary/aromatic N) is 2. The molecule has 0 aliphatic rings. The maximum absolute atomic E-state index is 12.4. The van der Waals surface area contributed by atoms with Gasteiger partial charge in [0.15, 0.2) is 5.13 Å². The zero-order valence-corrected chi connectivity index (χ0v) is 14.9. The van der Waals surface area contributed by atoms with Crippen molar-refractivity contribution in [3.05, 3.63) is 40.1 Å². The summed E-state index contributed by atoms with van der Waals surface area (Å²) < 4.78 is 5.56. The van der Waals surface area contributed by atoms with Crippen LogP contribution in [0, 0.1) is 10.1 Å². The molecular formula is C16H20N4O4S. The second kappa shape index (κ2) is 8.97. The Morgan fingerprint density at radius 2 is 2.20 bits per heavy atom. The lowest BCUT2D eigenvalue weighted by atomic mass is 10.1. The second-order valence-corrected chi connectivity index (χ2v) is 6.15. The third-order valence-corrected chi connectivity index (χ3v) is 4.14. The van der Waals surface area contributed by atoms with E-state index in [4.69, 9.17) is 4.74 Å². The molecule has 2 aromatic rings. The number of carbonyl (C=O) groups is 1. The molecule has 0 bridgehead atoms. The number of nitrogens with one attached hydrogen (secondary N) is 2. The summed E-state index contributed by atoms with van der Waals surface area (Å²) in [5.41, 5.74) is 1.22. The van der Waals surface area contributed by atoms with Gasteiger partial charge in [-0.05, 0) is 36.8 Å². The van der Waals surface area contributed by atoms with E-state index in [0.29, 0.717) is 17.9 Å². The first-order valence-corrected chi connectivity index (χ1v) is 8.79. The molecule has 2 rings (SSSR count). The fourth-order valence-corrected chi connectivity index (χ4v) is 2.70. The van der Waals surface area contributed by atoms with Crippen molar-refractivity contribution in [2.24, 2.45) is 0 Å². The Hall–Kier alpha value is -2.68. The minimum Gasteiger partial charge on any atom is -0.493 e. The van der Waals surface area contributed by atoms with E-state index in [1.54, 1.807) is 18.2 Å². The van der Waals surface area contributed by atoms with Gasteiger partial charge in [0.05, 0.1) is 17.1 Å². The molecule has 0 aliphatic heterocycles. The Kier molecular flexibility index (Phi) is 6.70. The van der Waals surface area contributed by atoms with Gasteiger partial charge >= 0.3 is 5.00 Å². The topological polar surface area (TPSA) is 106 Å². The largest absolute Gasteiger partial charge is 0.493 e. The highest BCUT2D eigenvalue weighted by Gasteiger charge is 2.17. The smallest absolute Gasteiger partial charge is 0.345 e. The van der Waals surface area contributed by atoms with Crippen LogP contribution in [0.1, 0.15) is 37.0 Å². The van der Waals surface area contributed by atoms with Gasteiger partial charge in [-0.2, -0.15) is 0 Å². The second-order valence-electron chi connectivity index (χ2n) is 5.14. The minimum atomic E-state index is -0.546. The molecule has 1 heterocycles. The van der Waals surface area contributed by atoms with Crippen molar-refractivity contribution < 1.29 is 14.5 Å². The van der Waals surface area contributed by atoms with Crippen LogP contribution >= 0.6 is 11.3 Å². The number of ether oxygens (including phenoxy) is 1. The van der Waals surface area contributed by atoms with Crippen LogP contribution < -0.4 is 15.4 Å². The molecule has 0 aliphatic carbocycles. The Morgan fingerprint density at radius 3 is 2.84 bits per heavy atom. The summed E-state index contributed by atoms with van der Waals surface area (Å²) in [6.45, 7) is 5.21. The first kappa shape index (κ1) is 18.7. The molecule has 0 radical (unpaired) electrons. The highest BCUT2D eigenvalue weighted by molar-refractivity contribution is 7.18. The standard InChI is InChI=1S/C16H20N4O4S/c1-3-5-8-17-11-6-7-12(13(9-11)24-4-2)15(21)19-16-18-10-14(25-16)20(22)23/h6-7,9-10,17H,3-5,8H2,1-2H3,(H,18,19,21). The van der Waals surface area contributed by atoms with Crippen molar-refractivity contribution in [2.45, 2.75) is 26.7 Å². The summed E-state index contributed by atoms with van der Waals surface area (Å²) >= 11 is 0.805. The molecule has 1 aromatic carbocycles. The van der Waals surface area contributed by atoms with Gasteiger partial charge in [-0.1, -0.05) is 13.3 Å². The SMILES string of the molecule is CCCCNc1ccc(C(=O)Nc2ncc([N+](=O)[O-])s2)c(OCC)c1. The Bertz CT molecular complexity index is 747. The van der Waals surface area contributed by atoms with Crippen molar-refractivity contribution in [3.63, 3.8) is 0 Å². The van der Waals surface area contributed by atoms with Crippen LogP contribution in [0.5, 0.6) is 5.75 Å². The number of benzene rings is 1. The van der Waals surface area contributed by atoms with Crippen LogP contribution in [0.2, 0.25) is 0 Å². The number of rotatable bonds is 9. The Balaban J connectivity index is 2.14. The van der Waals surface area contributed by atoms with E-state index in [-0.39, 0.29) is 10.1 Å². The lowest BCUT2D eigenvalue weighted by Crippen LogP contribution is -2.14. The number of carbonyl (C=O) groups excluding carboxylic acids is 1. The van der Waals surface area contributed by atoms with Crippen LogP contribution in [0.15, 0.2) is 24.4 Å². The van der Waals surface area contributed by atoms with Gasteiger partial charge in [0.25, 0.3) is 5.91 Å². The summed E-state index contributed by atoms with van der Waals surface area (Å²) in [7, 11) is 0. The Labute approximate surface area is 149 Å². The molecule has 0 atom stereocenters. The van der Waals surface area contributed by atoms with E-state index in [1.807, 2.05) is 6.92 Å². The number of hydrogen-bond donors (Lipinski definition) is 2. The zero-order valence-electron chi connectivity index (χ0n) is 14.1. The molecule has 8 nitrogen and oxygen atoms in total. The van der Waals surface area contributed by atoms with Crippen molar-refractivity contribution in [1.29, 1.82) is 0 Å². The van der Waals surface area contributed by atoms with Crippen molar-refractivity contribution in [3.8, 4) is 5.75 Å². The van der Waals surface area contributed by atoms with Crippen LogP contribution in [0.4, 0.5) is 15.8 Å². The predicted octanol–water partition coefficient (Wildman–Crippen LogP) is 3.91. The van der Waals surface area contributed by atoms with E-state index in [9.17, 15) is 14.9 Å². The van der Waals surface area contributed by atoms with Crippen LogP contribution in [-0.2, 0) is 0 Å². The molecule has 25 heavy (non-hydrogen) atoms. The van der Waals surface area contributed by atoms with Crippen molar-refractivity contribution in [2.75, 3.05) is 23.8 Å². The molecule has 2 N–H and O–H groups in total. The van der Waals surface area contributed by atoms with Gasteiger partial charge < -0.3 is 10.1 Å². The molecule has 0 unspecified atom stereocenters. The average molecular weight is 364 g/mol. The van der Waals surface area contributed by atoms with E-state index >= 15 is 0 Å². The molecule has 0 saturated heterocycles. The predicted molar refractivity (Wildman–Crippen MR) is 97.7 cm³/mol. The highest BCUT2D eigenvalue weighted by Crippen LogP contribution is 2.28. The molecule has 134 valence electrons. The van der Waals surface area contributed by atoms with Gasteiger partial charge in [-0.3, -0.25) is 20.2 Å². The lowest BCUT2D eigenvalue weighted by Gasteiger charge is -2.12. The van der Waals surface area contributed by atoms with E-state index in [2.05, 4.69) is 22.5 Å². The summed E-state index contributed by atoms with van der Waals surface area (Å²) in [6.07, 6.45) is 3.26. The maximum atomic E-state index is 12.4. The quantitative estimate of drug-likeness (QED) is 0.397. The first-order chi connectivity index (χ1) is 12.0. The fourth-order valence-electron chi connectivity index (χ4n) is 2.08. The van der Waals surface area contributed by atoms with Gasteiger partial charge in [0, 0.05) is 18.3 Å². The first-order valence-electron chi connectivity index (χ1n) is 7.97. The summed E-state index contributed by atoms with van der Waals surface area (Å²) in [5, 5.41) is 16.6. The number of nitro groups is 1. The third-order valence-electron chi connectivity index (χ3n) is 3.28. The van der Waals surface area contributed by atoms with Gasteiger partial charge in [-0.25, -0.2) is 4.98 Å². The molecular weight excluding hydrogens is 344 g/mol. The Morgan fingerprint density at radius 1 is 1.40 bits per heavy atom. The maximum Gasteiger partial charge on any atom is 0.345 e. The third kappa shape index (κ3) is 5.15. The molecule has 0 saturated carbocycles. The van der Waals surface area contributed by atoms with Gasteiger partial charge in [0.2, 0.25) is 0 Å².